The number of carbonyl (C=O) groups is 1. The van der Waals surface area contributed by atoms with Crippen LogP contribution in [0.4, 0.5) is 0 Å². The zero-order valence-corrected chi connectivity index (χ0v) is 10.6. The second kappa shape index (κ2) is 4.74. The largest absolute Gasteiger partial charge is 0.323 e. The van der Waals surface area contributed by atoms with Gasteiger partial charge in [0.25, 0.3) is 0 Å². The normalized spacial score (nSPS) is 29.3. The number of rotatable bonds is 6. The van der Waals surface area contributed by atoms with Crippen molar-refractivity contribution in [3.05, 3.63) is 12.2 Å². The Hall–Kier alpha value is -1.34. The van der Waals surface area contributed by atoms with Gasteiger partial charge in [-0.3, -0.25) is 9.69 Å². The summed E-state index contributed by atoms with van der Waals surface area (Å²) < 4.78 is 0. The lowest BCUT2D eigenvalue weighted by molar-refractivity contribution is -0.133. The molecule has 0 radical (unpaired) electrons. The van der Waals surface area contributed by atoms with Gasteiger partial charge >= 0.3 is 0 Å². The van der Waals surface area contributed by atoms with Crippen LogP contribution in [-0.2, 0) is 4.79 Å². The summed E-state index contributed by atoms with van der Waals surface area (Å²) in [6.07, 6.45) is 8.34. The van der Waals surface area contributed by atoms with Crippen molar-refractivity contribution in [2.45, 2.75) is 31.7 Å². The highest BCUT2D eigenvalue weighted by Gasteiger charge is 2.41. The van der Waals surface area contributed by atoms with Crippen LogP contribution in [0.5, 0.6) is 0 Å². The van der Waals surface area contributed by atoms with E-state index >= 15 is 0 Å². The molecule has 4 nitrogen and oxygen atoms in total. The zero-order chi connectivity index (χ0) is 12.5. The van der Waals surface area contributed by atoms with Crippen LogP contribution >= 0.6 is 0 Å². The highest BCUT2D eigenvalue weighted by atomic mass is 16.2. The van der Waals surface area contributed by atoms with Crippen LogP contribution < -0.4 is 0 Å². The average molecular weight is 245 g/mol. The van der Waals surface area contributed by atoms with Gasteiger partial charge in [0.15, 0.2) is 0 Å². The summed E-state index contributed by atoms with van der Waals surface area (Å²) in [5.41, 5.74) is 0. The molecule has 2 bridgehead atoms. The van der Waals surface area contributed by atoms with E-state index in [-0.39, 0.29) is 11.8 Å². The van der Waals surface area contributed by atoms with E-state index in [2.05, 4.69) is 17.0 Å². The Bertz CT molecular complexity index is 408. The second-order valence-corrected chi connectivity index (χ2v) is 5.67. The third-order valence-corrected chi connectivity index (χ3v) is 4.17. The zero-order valence-electron chi connectivity index (χ0n) is 10.6. The van der Waals surface area contributed by atoms with Gasteiger partial charge in [-0.15, -0.1) is 0 Å². The van der Waals surface area contributed by atoms with Gasteiger partial charge in [-0.25, -0.2) is 0 Å². The summed E-state index contributed by atoms with van der Waals surface area (Å²) in [7, 11) is 0. The summed E-state index contributed by atoms with van der Waals surface area (Å²) in [6.45, 7) is 2.55. The molecule has 2 atom stereocenters. The smallest absolute Gasteiger partial charge is 0.231 e. The summed E-state index contributed by atoms with van der Waals surface area (Å²) in [5.74, 6) is 1.21. The minimum absolute atomic E-state index is 0.133. The van der Waals surface area contributed by atoms with Crippen molar-refractivity contribution in [2.75, 3.05) is 19.8 Å². The molecule has 1 aliphatic heterocycles. The van der Waals surface area contributed by atoms with Crippen molar-refractivity contribution in [1.29, 1.82) is 5.26 Å². The van der Waals surface area contributed by atoms with E-state index in [1.54, 1.807) is 0 Å². The first kappa shape index (κ1) is 11.7. The monoisotopic (exact) mass is 245 g/mol. The number of fused-ring (bicyclic) bond motifs is 2. The van der Waals surface area contributed by atoms with Gasteiger partial charge < -0.3 is 4.90 Å². The van der Waals surface area contributed by atoms with E-state index in [1.807, 2.05) is 11.0 Å². The third kappa shape index (κ3) is 2.28. The van der Waals surface area contributed by atoms with E-state index in [9.17, 15) is 4.79 Å². The van der Waals surface area contributed by atoms with Crippen molar-refractivity contribution < 1.29 is 4.79 Å². The Kier molecular flexibility index (Phi) is 3.09. The molecule has 4 heteroatoms. The fourth-order valence-electron chi connectivity index (χ4n) is 2.95. The highest BCUT2D eigenvalue weighted by Crippen LogP contribution is 2.34. The molecule has 0 aromatic carbocycles. The molecule has 1 amide bonds. The lowest BCUT2D eigenvalue weighted by Crippen LogP contribution is -2.44. The fraction of sp³-hybridized carbons (Fsp3) is 0.714. The summed E-state index contributed by atoms with van der Waals surface area (Å²) in [5, 5.41) is 8.71. The molecule has 0 aromatic rings. The second-order valence-electron chi connectivity index (χ2n) is 5.67. The lowest BCUT2D eigenvalue weighted by Gasteiger charge is -2.31. The quantitative estimate of drug-likeness (QED) is 0.664. The molecule has 2 aliphatic carbocycles. The molecule has 96 valence electrons. The summed E-state index contributed by atoms with van der Waals surface area (Å²) in [6, 6.07) is 2.51. The fourth-order valence-corrected chi connectivity index (χ4v) is 2.95. The van der Waals surface area contributed by atoms with E-state index in [4.69, 9.17) is 5.26 Å². The van der Waals surface area contributed by atoms with E-state index < -0.39 is 0 Å². The first-order chi connectivity index (χ1) is 8.78. The number of hydrogen-bond donors (Lipinski definition) is 0. The standard InChI is InChI=1S/C14H19N3O/c15-6-1-7-16(9-11-2-3-11)10-17-13-5-4-12(8-13)14(17)18/h4-5,11-13H,1-3,7-10H2. The average Bonchev–Trinajstić information content (AvgIpc) is 2.97. The van der Waals surface area contributed by atoms with Crippen molar-refractivity contribution in [2.24, 2.45) is 11.8 Å². The van der Waals surface area contributed by atoms with Gasteiger partial charge in [-0.2, -0.15) is 5.26 Å². The van der Waals surface area contributed by atoms with Crippen LogP contribution in [0.3, 0.4) is 0 Å². The number of amides is 1. The molecule has 3 rings (SSSR count). The molecule has 0 aromatic heterocycles. The molecule has 2 fully saturated rings. The maximum Gasteiger partial charge on any atom is 0.231 e. The van der Waals surface area contributed by atoms with Crippen LogP contribution in [0.1, 0.15) is 25.7 Å². The van der Waals surface area contributed by atoms with Crippen LogP contribution in [0.2, 0.25) is 0 Å². The molecular formula is C14H19N3O. The number of hydrogen-bond acceptors (Lipinski definition) is 3. The molecule has 0 spiro atoms. The maximum atomic E-state index is 12.1. The molecular weight excluding hydrogens is 226 g/mol. The minimum Gasteiger partial charge on any atom is -0.323 e. The Labute approximate surface area is 108 Å². The van der Waals surface area contributed by atoms with Crippen LogP contribution in [-0.4, -0.2) is 41.5 Å². The van der Waals surface area contributed by atoms with E-state index in [0.717, 1.165) is 25.4 Å². The number of likely N-dealkylation sites (tertiary alicyclic amines) is 1. The van der Waals surface area contributed by atoms with Gasteiger partial charge in [0, 0.05) is 19.5 Å². The van der Waals surface area contributed by atoms with Gasteiger partial charge in [-0.05, 0) is 25.2 Å². The predicted octanol–water partition coefficient (Wildman–Crippen LogP) is 1.36. The Balaban J connectivity index is 1.59. The first-order valence-electron chi connectivity index (χ1n) is 6.86. The Morgan fingerprint density at radius 1 is 1.44 bits per heavy atom. The summed E-state index contributed by atoms with van der Waals surface area (Å²) in [4.78, 5) is 16.3. The molecule has 1 heterocycles. The predicted molar refractivity (Wildman–Crippen MR) is 67.3 cm³/mol. The Morgan fingerprint density at radius 3 is 2.89 bits per heavy atom. The third-order valence-electron chi connectivity index (χ3n) is 4.17. The van der Waals surface area contributed by atoms with Crippen molar-refractivity contribution in [3.63, 3.8) is 0 Å². The Morgan fingerprint density at radius 2 is 2.28 bits per heavy atom. The van der Waals surface area contributed by atoms with Gasteiger partial charge in [0.1, 0.15) is 0 Å². The molecule has 3 aliphatic rings. The lowest BCUT2D eigenvalue weighted by atomic mass is 10.1. The maximum absolute atomic E-state index is 12.1. The topological polar surface area (TPSA) is 47.3 Å². The van der Waals surface area contributed by atoms with Gasteiger partial charge in [0.05, 0.1) is 24.7 Å². The van der Waals surface area contributed by atoms with Gasteiger partial charge in [-0.1, -0.05) is 12.2 Å². The molecule has 1 saturated heterocycles. The molecule has 18 heavy (non-hydrogen) atoms. The molecule has 0 N–H and O–H groups in total. The van der Waals surface area contributed by atoms with Crippen LogP contribution in [0.15, 0.2) is 12.2 Å². The van der Waals surface area contributed by atoms with Crippen LogP contribution in [0, 0.1) is 23.2 Å². The van der Waals surface area contributed by atoms with Crippen LogP contribution in [0.25, 0.3) is 0 Å². The summed E-state index contributed by atoms with van der Waals surface area (Å²) >= 11 is 0. The first-order valence-corrected chi connectivity index (χ1v) is 6.86. The van der Waals surface area contributed by atoms with Crippen molar-refractivity contribution in [1.82, 2.24) is 9.80 Å². The number of carbonyl (C=O) groups excluding carboxylic acids is 1. The van der Waals surface area contributed by atoms with Crippen molar-refractivity contribution >= 4 is 5.91 Å². The van der Waals surface area contributed by atoms with E-state index in [0.29, 0.717) is 19.1 Å². The highest BCUT2D eigenvalue weighted by molar-refractivity contribution is 5.85. The molecule has 1 saturated carbocycles. The minimum atomic E-state index is 0.133. The number of nitrogens with zero attached hydrogens (tertiary/aromatic N) is 3. The molecule has 2 unspecified atom stereocenters. The van der Waals surface area contributed by atoms with Gasteiger partial charge in [0.2, 0.25) is 5.91 Å². The van der Waals surface area contributed by atoms with Crippen molar-refractivity contribution in [3.8, 4) is 6.07 Å². The SMILES string of the molecule is N#CCCN(CC1CC1)CN1C(=O)C2C=CC1C2. The van der Waals surface area contributed by atoms with E-state index in [1.165, 1.54) is 12.8 Å². The number of nitriles is 1.